The van der Waals surface area contributed by atoms with Gasteiger partial charge in [0.15, 0.2) is 4.96 Å². The Morgan fingerprint density at radius 2 is 2.09 bits per heavy atom. The van der Waals surface area contributed by atoms with E-state index in [1.807, 2.05) is 18.2 Å². The van der Waals surface area contributed by atoms with Crippen LogP contribution in [0.2, 0.25) is 0 Å². The van der Waals surface area contributed by atoms with Crippen LogP contribution in [0.15, 0.2) is 35.8 Å². The normalized spacial score (nSPS) is 11.8. The van der Waals surface area contributed by atoms with Crippen LogP contribution in [0.3, 0.4) is 0 Å². The predicted octanol–water partition coefficient (Wildman–Crippen LogP) is 4.15. The van der Waals surface area contributed by atoms with E-state index in [1.54, 1.807) is 17.4 Å². The Morgan fingerprint density at radius 3 is 2.77 bits per heavy atom. The number of carbonyl (C=O) groups is 1. The van der Waals surface area contributed by atoms with E-state index in [1.165, 1.54) is 7.11 Å². The summed E-state index contributed by atoms with van der Waals surface area (Å²) in [5.41, 5.74) is 3.64. The molecule has 0 spiro atoms. The van der Waals surface area contributed by atoms with Gasteiger partial charge in [0.2, 0.25) is 0 Å². The van der Waals surface area contributed by atoms with Crippen molar-refractivity contribution in [3.63, 3.8) is 0 Å². The third-order valence-corrected chi connectivity index (χ3v) is 4.40. The lowest BCUT2D eigenvalue weighted by Crippen LogP contribution is -2.11. The molecular formula is C17H18N2O2S. The van der Waals surface area contributed by atoms with Crippen molar-refractivity contribution in [1.29, 1.82) is 0 Å². The Kier molecular flexibility index (Phi) is 3.53. The second-order valence-electron chi connectivity index (χ2n) is 6.22. The number of carbonyl (C=O) groups excluding carboxylic acids is 1. The van der Waals surface area contributed by atoms with Crippen molar-refractivity contribution in [1.82, 2.24) is 9.38 Å². The van der Waals surface area contributed by atoms with E-state index in [9.17, 15) is 4.79 Å². The molecule has 0 unspecified atom stereocenters. The number of nitrogens with zero attached hydrogens (tertiary/aromatic N) is 2. The minimum Gasteiger partial charge on any atom is -0.465 e. The van der Waals surface area contributed by atoms with E-state index >= 15 is 0 Å². The molecule has 5 heteroatoms. The lowest BCUT2D eigenvalue weighted by Gasteiger charge is -2.13. The molecule has 22 heavy (non-hydrogen) atoms. The number of hydrogen-bond donors (Lipinski definition) is 0. The standard InChI is InChI=1S/C17H18N2O2S/c1-17(2,3)14-9-19-13(10-22-16(19)18-14)11-6-5-7-12(8-11)15(20)21-4/h5-10H,1-4H3. The van der Waals surface area contributed by atoms with Crippen LogP contribution in [0, 0.1) is 0 Å². The van der Waals surface area contributed by atoms with Crippen molar-refractivity contribution in [3.05, 3.63) is 47.1 Å². The maximum Gasteiger partial charge on any atom is 0.337 e. The topological polar surface area (TPSA) is 43.6 Å². The summed E-state index contributed by atoms with van der Waals surface area (Å²) in [7, 11) is 1.39. The van der Waals surface area contributed by atoms with Gasteiger partial charge in [-0.15, -0.1) is 11.3 Å². The first-order valence-electron chi connectivity index (χ1n) is 7.06. The molecule has 114 valence electrons. The number of rotatable bonds is 2. The summed E-state index contributed by atoms with van der Waals surface area (Å²) >= 11 is 1.60. The van der Waals surface area contributed by atoms with Crippen LogP contribution in [-0.4, -0.2) is 22.5 Å². The zero-order chi connectivity index (χ0) is 15.9. The van der Waals surface area contributed by atoms with Gasteiger partial charge in [0.25, 0.3) is 0 Å². The molecule has 4 nitrogen and oxygen atoms in total. The lowest BCUT2D eigenvalue weighted by atomic mass is 9.93. The Labute approximate surface area is 133 Å². The van der Waals surface area contributed by atoms with Gasteiger partial charge < -0.3 is 4.74 Å². The van der Waals surface area contributed by atoms with Gasteiger partial charge in [0.1, 0.15) is 0 Å². The first kappa shape index (κ1) is 14.8. The third kappa shape index (κ3) is 2.52. The molecule has 0 N–H and O–H groups in total. The maximum absolute atomic E-state index is 11.7. The van der Waals surface area contributed by atoms with Crippen molar-refractivity contribution in [2.45, 2.75) is 26.2 Å². The predicted molar refractivity (Wildman–Crippen MR) is 88.5 cm³/mol. The zero-order valence-electron chi connectivity index (χ0n) is 13.1. The fourth-order valence-corrected chi connectivity index (χ4v) is 3.16. The quantitative estimate of drug-likeness (QED) is 0.668. The van der Waals surface area contributed by atoms with Gasteiger partial charge in [0, 0.05) is 22.6 Å². The molecule has 0 saturated heterocycles. The zero-order valence-corrected chi connectivity index (χ0v) is 13.9. The van der Waals surface area contributed by atoms with Crippen molar-refractivity contribution >= 4 is 22.3 Å². The van der Waals surface area contributed by atoms with Crippen LogP contribution in [-0.2, 0) is 10.2 Å². The van der Waals surface area contributed by atoms with Crippen LogP contribution >= 0.6 is 11.3 Å². The van der Waals surface area contributed by atoms with Gasteiger partial charge in [0.05, 0.1) is 24.1 Å². The van der Waals surface area contributed by atoms with E-state index in [0.29, 0.717) is 5.56 Å². The minimum absolute atomic E-state index is 0.0108. The number of imidazole rings is 1. The van der Waals surface area contributed by atoms with Crippen LogP contribution in [0.5, 0.6) is 0 Å². The molecule has 3 rings (SSSR count). The molecule has 0 saturated carbocycles. The molecule has 0 atom stereocenters. The van der Waals surface area contributed by atoms with Crippen LogP contribution in [0.1, 0.15) is 36.8 Å². The highest BCUT2D eigenvalue weighted by Crippen LogP contribution is 2.30. The Morgan fingerprint density at radius 1 is 1.32 bits per heavy atom. The fraction of sp³-hybridized carbons (Fsp3) is 0.294. The molecule has 1 aromatic carbocycles. The van der Waals surface area contributed by atoms with Crippen molar-refractivity contribution in [2.24, 2.45) is 0 Å². The highest BCUT2D eigenvalue weighted by atomic mass is 32.1. The molecule has 0 bridgehead atoms. The Balaban J connectivity index is 2.10. The highest BCUT2D eigenvalue weighted by Gasteiger charge is 2.20. The molecule has 2 heterocycles. The Bertz CT molecular complexity index is 840. The number of aromatic nitrogens is 2. The number of esters is 1. The average Bonchev–Trinajstić information content (AvgIpc) is 3.06. The van der Waals surface area contributed by atoms with E-state index in [2.05, 4.69) is 36.7 Å². The number of fused-ring (bicyclic) bond motifs is 1. The van der Waals surface area contributed by atoms with E-state index in [4.69, 9.17) is 9.72 Å². The first-order valence-corrected chi connectivity index (χ1v) is 7.94. The van der Waals surface area contributed by atoms with Gasteiger partial charge >= 0.3 is 5.97 Å². The highest BCUT2D eigenvalue weighted by molar-refractivity contribution is 7.15. The van der Waals surface area contributed by atoms with Gasteiger partial charge in [-0.3, -0.25) is 4.40 Å². The molecule has 0 aliphatic carbocycles. The maximum atomic E-state index is 11.7. The SMILES string of the molecule is COC(=O)c1cccc(-c2csc3nc(C(C)(C)C)cn23)c1. The molecule has 0 amide bonds. The van der Waals surface area contributed by atoms with Crippen LogP contribution < -0.4 is 0 Å². The third-order valence-electron chi connectivity index (χ3n) is 3.56. The first-order chi connectivity index (χ1) is 10.4. The second kappa shape index (κ2) is 5.25. The summed E-state index contributed by atoms with van der Waals surface area (Å²) < 4.78 is 6.87. The summed E-state index contributed by atoms with van der Waals surface area (Å²) in [6, 6.07) is 7.47. The van der Waals surface area contributed by atoms with Crippen LogP contribution in [0.25, 0.3) is 16.2 Å². The summed E-state index contributed by atoms with van der Waals surface area (Å²) in [4.78, 5) is 17.4. The molecule has 0 aliphatic heterocycles. The summed E-state index contributed by atoms with van der Waals surface area (Å²) in [5, 5.41) is 2.06. The minimum atomic E-state index is -0.325. The van der Waals surface area contributed by atoms with Crippen molar-refractivity contribution in [3.8, 4) is 11.3 Å². The van der Waals surface area contributed by atoms with Gasteiger partial charge in [-0.2, -0.15) is 0 Å². The largest absolute Gasteiger partial charge is 0.465 e. The molecule has 3 aromatic rings. The van der Waals surface area contributed by atoms with E-state index < -0.39 is 0 Å². The lowest BCUT2D eigenvalue weighted by molar-refractivity contribution is 0.0601. The number of benzene rings is 1. The molecular weight excluding hydrogens is 296 g/mol. The van der Waals surface area contributed by atoms with Crippen molar-refractivity contribution in [2.75, 3.05) is 7.11 Å². The molecule has 0 aliphatic rings. The number of ether oxygens (including phenoxy) is 1. The van der Waals surface area contributed by atoms with E-state index in [0.717, 1.165) is 21.9 Å². The smallest absolute Gasteiger partial charge is 0.337 e. The van der Waals surface area contributed by atoms with Crippen molar-refractivity contribution < 1.29 is 9.53 Å². The second-order valence-corrected chi connectivity index (χ2v) is 7.06. The average molecular weight is 314 g/mol. The van der Waals surface area contributed by atoms with Crippen LogP contribution in [0.4, 0.5) is 0 Å². The molecule has 0 fully saturated rings. The number of thiazole rings is 1. The molecule has 2 aromatic heterocycles. The fourth-order valence-electron chi connectivity index (χ4n) is 2.28. The summed E-state index contributed by atoms with van der Waals surface area (Å²) in [6.07, 6.45) is 2.08. The number of hydrogen-bond acceptors (Lipinski definition) is 4. The number of methoxy groups -OCH3 is 1. The van der Waals surface area contributed by atoms with Gasteiger partial charge in [-0.05, 0) is 12.1 Å². The summed E-state index contributed by atoms with van der Waals surface area (Å²) in [5.74, 6) is -0.325. The van der Waals surface area contributed by atoms with Gasteiger partial charge in [-0.1, -0.05) is 32.9 Å². The summed E-state index contributed by atoms with van der Waals surface area (Å²) in [6.45, 7) is 6.45. The Hall–Kier alpha value is -2.14. The monoisotopic (exact) mass is 314 g/mol. The molecule has 0 radical (unpaired) electrons. The van der Waals surface area contributed by atoms with E-state index in [-0.39, 0.29) is 11.4 Å². The van der Waals surface area contributed by atoms with Gasteiger partial charge in [-0.25, -0.2) is 9.78 Å².